The molecule has 0 aliphatic carbocycles. The van der Waals surface area contributed by atoms with Crippen molar-refractivity contribution < 1.29 is 51.6 Å². The Bertz CT molecular complexity index is 377. The molecule has 0 amide bonds. The van der Waals surface area contributed by atoms with Crippen molar-refractivity contribution in [3.8, 4) is 0 Å². The summed E-state index contributed by atoms with van der Waals surface area (Å²) in [6.45, 7) is -0.0716. The molecule has 0 aromatic carbocycles. The summed E-state index contributed by atoms with van der Waals surface area (Å²) in [5.74, 6) is -5.79. The molecule has 0 aliphatic rings. The summed E-state index contributed by atoms with van der Waals surface area (Å²) < 4.78 is 2.63. The molecule has 0 fully saturated rings. The van der Waals surface area contributed by atoms with E-state index >= 15 is 0 Å². The second kappa shape index (κ2) is 7.36. The summed E-state index contributed by atoms with van der Waals surface area (Å²) in [4.78, 5) is 44.5. The van der Waals surface area contributed by atoms with Crippen LogP contribution in [0.4, 0.5) is 0 Å². The molecule has 0 atom stereocenters. The van der Waals surface area contributed by atoms with Crippen LogP contribution in [0.5, 0.6) is 0 Å². The summed E-state index contributed by atoms with van der Waals surface area (Å²) in [5, 5.41) is 32.9. The van der Waals surface area contributed by atoms with E-state index in [0.29, 0.717) is 0 Å². The average molecular weight is 350 g/mol. The molecule has 10 nitrogen and oxygen atoms in total. The fourth-order valence-electron chi connectivity index (χ4n) is 1.99. The molecular weight excluding hydrogens is 331 g/mol. The molecule has 7 N–H and O–H groups in total. The summed E-state index contributed by atoms with van der Waals surface area (Å²) in [6, 6.07) is 0. The third-order valence-corrected chi connectivity index (χ3v) is 9.75. The molecule has 0 saturated carbocycles. The van der Waals surface area contributed by atoms with Gasteiger partial charge in [-0.25, -0.2) is 0 Å². The monoisotopic (exact) mass is 350 g/mol. The van der Waals surface area contributed by atoms with E-state index in [1.54, 1.807) is 0 Å². The average Bonchev–Trinajstić information content (AvgIpc) is 2.21. The minimum atomic E-state index is -4.66. The van der Waals surface area contributed by atoms with E-state index in [9.17, 15) is 19.2 Å². The van der Waals surface area contributed by atoms with Gasteiger partial charge < -0.3 is 0 Å². The van der Waals surface area contributed by atoms with Crippen molar-refractivity contribution in [3.63, 3.8) is 0 Å². The Labute approximate surface area is 120 Å². The van der Waals surface area contributed by atoms with Gasteiger partial charge in [0.05, 0.1) is 0 Å². The maximum absolute atomic E-state index is 11.1. The Morgan fingerprint density at radius 3 is 1.24 bits per heavy atom. The van der Waals surface area contributed by atoms with Crippen molar-refractivity contribution in [2.24, 2.45) is 5.73 Å². The van der Waals surface area contributed by atoms with Crippen LogP contribution < -0.4 is 10.1 Å². The molecule has 0 aromatic heterocycles. The summed E-state index contributed by atoms with van der Waals surface area (Å²) in [7, 11) is 0. The molecule has 0 radical (unpaired) electrons. The molecule has 11 heteroatoms. The Balaban J connectivity index is 6.04. The zero-order valence-corrected chi connectivity index (χ0v) is 12.3. The van der Waals surface area contributed by atoms with E-state index in [0.717, 1.165) is 0 Å². The van der Waals surface area contributed by atoms with Crippen LogP contribution in [-0.4, -0.2) is 57.4 Å². The summed E-state index contributed by atoms with van der Waals surface area (Å²) in [5.41, 5.74) is 5.29. The number of hydrogen-bond acceptors (Lipinski definition) is 6. The first-order valence-electron chi connectivity index (χ1n) is 5.64. The van der Waals surface area contributed by atoms with Crippen molar-refractivity contribution in [1.82, 2.24) is 4.33 Å². The first-order valence-corrected chi connectivity index (χ1v) is 9.57. The standard InChI is InChI=1S/C2H7N2.4C2H3O2.Mn/c3-1-2-4;4*1-2(3)4;/h3H,1-2,4H2;4*1H2,(H,3,4);/q-1;;;;;+1. The zero-order valence-electron chi connectivity index (χ0n) is 11.1. The number of carboxylic acid groups (broad SMARTS) is 4. The molecule has 0 aliphatic heterocycles. The van der Waals surface area contributed by atoms with E-state index in [2.05, 4.69) is 4.33 Å². The van der Waals surface area contributed by atoms with Crippen LogP contribution in [0.2, 0.25) is 21.3 Å². The fraction of sp³-hybridized carbons (Fsp3) is 0.600. The Morgan fingerprint density at radius 1 is 0.762 bits per heavy atom. The first kappa shape index (κ1) is 19.3. The van der Waals surface area contributed by atoms with Gasteiger partial charge in [-0.2, -0.15) is 0 Å². The molecule has 0 unspecified atom stereocenters. The second-order valence-corrected chi connectivity index (χ2v) is 11.7. The van der Waals surface area contributed by atoms with Crippen LogP contribution in [0.15, 0.2) is 0 Å². The van der Waals surface area contributed by atoms with Gasteiger partial charge in [0.25, 0.3) is 0 Å². The van der Waals surface area contributed by atoms with Crippen LogP contribution in [0.25, 0.3) is 0 Å². The predicted octanol–water partition coefficient (Wildman–Crippen LogP) is -0.849. The van der Waals surface area contributed by atoms with Gasteiger partial charge in [0.15, 0.2) is 0 Å². The number of carbonyl (C=O) groups is 4. The maximum atomic E-state index is 11.1. The number of nitrogens with one attached hydrogen (secondary N) is 1. The number of nitrogens with two attached hydrogens (primary N) is 1. The normalized spacial score (nSPS) is 13.1. The SMILES string of the molecule is NCC[NH][Mn]([CH2]C(=O)O)([CH2]C(=O)O)([CH2]C(=O)O)[CH2]C(=O)O. The quantitative estimate of drug-likeness (QED) is 0.256. The van der Waals surface area contributed by atoms with E-state index in [1.807, 2.05) is 0 Å². The van der Waals surface area contributed by atoms with Crippen LogP contribution in [0.3, 0.4) is 0 Å². The zero-order chi connectivity index (χ0) is 16.7. The Morgan fingerprint density at radius 2 is 1.05 bits per heavy atom. The third kappa shape index (κ3) is 6.08. The molecule has 0 saturated heterocycles. The molecule has 0 spiro atoms. The van der Waals surface area contributed by atoms with Crippen molar-refractivity contribution in [1.29, 1.82) is 0 Å². The summed E-state index contributed by atoms with van der Waals surface area (Å²) in [6.07, 6.45) is 0. The van der Waals surface area contributed by atoms with Gasteiger partial charge in [0.1, 0.15) is 0 Å². The van der Waals surface area contributed by atoms with Crippen LogP contribution >= 0.6 is 0 Å². The van der Waals surface area contributed by atoms with E-state index in [-0.39, 0.29) is 13.1 Å². The van der Waals surface area contributed by atoms with E-state index in [4.69, 9.17) is 26.2 Å². The number of hydrogen-bond donors (Lipinski definition) is 6. The van der Waals surface area contributed by atoms with E-state index in [1.165, 1.54) is 0 Å². The first-order chi connectivity index (χ1) is 9.54. The van der Waals surface area contributed by atoms with Crippen molar-refractivity contribution in [2.45, 2.75) is 21.3 Å². The van der Waals surface area contributed by atoms with Gasteiger partial charge in [-0.15, -0.1) is 0 Å². The molecular formula is C10H19MnN2O8. The number of rotatable bonds is 11. The van der Waals surface area contributed by atoms with Gasteiger partial charge in [-0.05, 0) is 0 Å². The fourth-order valence-corrected chi connectivity index (χ4v) is 8.22. The van der Waals surface area contributed by atoms with Crippen LogP contribution in [-0.2, 0) is 31.2 Å². The van der Waals surface area contributed by atoms with Gasteiger partial charge in [-0.3, -0.25) is 0 Å². The van der Waals surface area contributed by atoms with Crippen molar-refractivity contribution in [3.05, 3.63) is 0 Å². The van der Waals surface area contributed by atoms with Gasteiger partial charge in [0, 0.05) is 0 Å². The molecule has 21 heavy (non-hydrogen) atoms. The van der Waals surface area contributed by atoms with Crippen molar-refractivity contribution >= 4 is 23.9 Å². The third-order valence-electron chi connectivity index (χ3n) is 2.48. The molecule has 0 aromatic rings. The Kier molecular flexibility index (Phi) is 6.77. The summed E-state index contributed by atoms with van der Waals surface area (Å²) >= 11 is -4.66. The molecule has 124 valence electrons. The second-order valence-electron chi connectivity index (χ2n) is 4.45. The van der Waals surface area contributed by atoms with Crippen LogP contribution in [0, 0.1) is 0 Å². The van der Waals surface area contributed by atoms with E-state index < -0.39 is 57.2 Å². The topological polar surface area (TPSA) is 187 Å². The molecule has 0 bridgehead atoms. The molecule has 0 heterocycles. The molecule has 0 rings (SSSR count). The van der Waals surface area contributed by atoms with Gasteiger partial charge in [-0.1, -0.05) is 0 Å². The Hall–Kier alpha value is -1.68. The predicted molar refractivity (Wildman–Crippen MR) is 66.8 cm³/mol. The minimum absolute atomic E-state index is 0.0116. The van der Waals surface area contributed by atoms with Gasteiger partial charge in [0.2, 0.25) is 0 Å². The van der Waals surface area contributed by atoms with Gasteiger partial charge >= 0.3 is 120 Å². The number of carboxylic acids is 4. The number of aliphatic carboxylic acids is 4. The van der Waals surface area contributed by atoms with Crippen molar-refractivity contribution in [2.75, 3.05) is 13.1 Å². The van der Waals surface area contributed by atoms with Crippen LogP contribution in [0.1, 0.15) is 0 Å².